The van der Waals surface area contributed by atoms with Crippen molar-refractivity contribution in [3.05, 3.63) is 41.8 Å². The van der Waals surface area contributed by atoms with Gasteiger partial charge >= 0.3 is 0 Å². The van der Waals surface area contributed by atoms with Crippen molar-refractivity contribution in [1.82, 2.24) is 0 Å². The molecule has 0 aliphatic heterocycles. The van der Waals surface area contributed by atoms with E-state index in [4.69, 9.17) is 0 Å². The minimum absolute atomic E-state index is 0.529. The topological polar surface area (TPSA) is 40.5 Å². The summed E-state index contributed by atoms with van der Waals surface area (Å²) >= 11 is 0. The molecule has 1 rings (SSSR count). The summed E-state index contributed by atoms with van der Waals surface area (Å²) in [5, 5.41) is 18.8. The van der Waals surface area contributed by atoms with Gasteiger partial charge < -0.3 is 10.2 Å². The van der Waals surface area contributed by atoms with Crippen molar-refractivity contribution in [3.8, 4) is 0 Å². The Labute approximate surface area is 123 Å². The van der Waals surface area contributed by atoms with Gasteiger partial charge in [-0.05, 0) is 18.4 Å². The summed E-state index contributed by atoms with van der Waals surface area (Å²) in [6, 6.07) is 9.63. The third-order valence-corrected chi connectivity index (χ3v) is 3.67. The average Bonchev–Trinajstić information content (AvgIpc) is 2.46. The molecule has 0 bridgehead atoms. The Kier molecular flexibility index (Phi) is 8.61. The first-order chi connectivity index (χ1) is 9.75. The van der Waals surface area contributed by atoms with Crippen LogP contribution in [0.25, 0.3) is 5.57 Å². The Morgan fingerprint density at radius 1 is 0.800 bits per heavy atom. The minimum atomic E-state index is -0.529. The molecule has 0 amide bonds. The number of unbranched alkanes of at least 4 members (excludes halogenated alkanes) is 7. The van der Waals surface area contributed by atoms with Gasteiger partial charge in [-0.1, -0.05) is 82.2 Å². The molecule has 0 aromatic heterocycles. The number of rotatable bonds is 10. The molecule has 2 N–H and O–H groups in total. The molecule has 1 aromatic rings. The van der Waals surface area contributed by atoms with Gasteiger partial charge in [0.25, 0.3) is 5.95 Å². The zero-order valence-corrected chi connectivity index (χ0v) is 12.6. The largest absolute Gasteiger partial charge is 0.481 e. The highest BCUT2D eigenvalue weighted by atomic mass is 16.5. The van der Waals surface area contributed by atoms with Crippen LogP contribution in [-0.4, -0.2) is 10.2 Å². The summed E-state index contributed by atoms with van der Waals surface area (Å²) in [6.45, 7) is 2.23. The Balaban J connectivity index is 2.24. The maximum atomic E-state index is 9.40. The Hall–Kier alpha value is -1.44. The first kappa shape index (κ1) is 16.6. The lowest BCUT2D eigenvalue weighted by Crippen LogP contribution is -1.92. The number of hydrogen-bond donors (Lipinski definition) is 2. The van der Waals surface area contributed by atoms with Crippen LogP contribution in [0.3, 0.4) is 0 Å². The highest BCUT2D eigenvalue weighted by molar-refractivity contribution is 5.65. The van der Waals surface area contributed by atoms with Gasteiger partial charge in [-0.15, -0.1) is 0 Å². The van der Waals surface area contributed by atoms with Crippen molar-refractivity contribution in [1.29, 1.82) is 0 Å². The van der Waals surface area contributed by atoms with Gasteiger partial charge in [-0.3, -0.25) is 0 Å². The molecule has 20 heavy (non-hydrogen) atoms. The molecule has 0 heterocycles. The molecule has 0 unspecified atom stereocenters. The van der Waals surface area contributed by atoms with Gasteiger partial charge in [0.2, 0.25) is 0 Å². The zero-order chi connectivity index (χ0) is 14.6. The van der Waals surface area contributed by atoms with E-state index in [2.05, 4.69) is 6.92 Å². The van der Waals surface area contributed by atoms with Crippen LogP contribution in [0, 0.1) is 0 Å². The van der Waals surface area contributed by atoms with Crippen LogP contribution in [0.4, 0.5) is 0 Å². The van der Waals surface area contributed by atoms with E-state index in [0.29, 0.717) is 5.57 Å². The molecule has 1 aromatic carbocycles. The molecule has 0 aliphatic rings. The maximum Gasteiger partial charge on any atom is 0.278 e. The SMILES string of the molecule is CCCCCCCCCCC(=C(O)O)c1ccccc1. The molecular formula is C18H28O2. The van der Waals surface area contributed by atoms with E-state index in [0.717, 1.165) is 24.8 Å². The third kappa shape index (κ3) is 6.65. The number of benzene rings is 1. The Morgan fingerprint density at radius 2 is 1.35 bits per heavy atom. The molecule has 0 atom stereocenters. The average molecular weight is 276 g/mol. The zero-order valence-electron chi connectivity index (χ0n) is 12.6. The van der Waals surface area contributed by atoms with Crippen LogP contribution in [0.15, 0.2) is 36.3 Å². The molecule has 2 heteroatoms. The summed E-state index contributed by atoms with van der Waals surface area (Å²) in [6.07, 6.45) is 10.8. The standard InChI is InChI=1S/C18H28O2/c1-2-3-4-5-6-7-8-12-15-17(18(19)20)16-13-10-9-11-14-16/h9-11,13-14,19-20H,2-8,12,15H2,1H3. The fourth-order valence-corrected chi connectivity index (χ4v) is 2.46. The van der Waals surface area contributed by atoms with Crippen molar-refractivity contribution in [3.63, 3.8) is 0 Å². The molecule has 0 saturated heterocycles. The molecule has 0 spiro atoms. The van der Waals surface area contributed by atoms with Gasteiger partial charge in [0.15, 0.2) is 0 Å². The smallest absolute Gasteiger partial charge is 0.278 e. The van der Waals surface area contributed by atoms with E-state index in [1.165, 1.54) is 38.5 Å². The van der Waals surface area contributed by atoms with Gasteiger partial charge in [-0.2, -0.15) is 0 Å². The summed E-state index contributed by atoms with van der Waals surface area (Å²) in [4.78, 5) is 0. The number of aliphatic hydroxyl groups is 2. The molecule has 0 aliphatic carbocycles. The van der Waals surface area contributed by atoms with Crippen molar-refractivity contribution in [2.75, 3.05) is 0 Å². The van der Waals surface area contributed by atoms with Gasteiger partial charge in [-0.25, -0.2) is 0 Å². The molecular weight excluding hydrogens is 248 g/mol. The van der Waals surface area contributed by atoms with E-state index in [1.54, 1.807) is 0 Å². The minimum Gasteiger partial charge on any atom is -0.481 e. The second-order valence-electron chi connectivity index (χ2n) is 5.39. The predicted molar refractivity (Wildman–Crippen MR) is 85.8 cm³/mol. The van der Waals surface area contributed by atoms with E-state index >= 15 is 0 Å². The van der Waals surface area contributed by atoms with Crippen LogP contribution >= 0.6 is 0 Å². The van der Waals surface area contributed by atoms with E-state index < -0.39 is 5.95 Å². The van der Waals surface area contributed by atoms with Crippen molar-refractivity contribution < 1.29 is 10.2 Å². The summed E-state index contributed by atoms with van der Waals surface area (Å²) < 4.78 is 0. The second kappa shape index (κ2) is 10.4. The number of allylic oxidation sites excluding steroid dienone is 1. The lowest BCUT2D eigenvalue weighted by molar-refractivity contribution is 0.193. The second-order valence-corrected chi connectivity index (χ2v) is 5.39. The van der Waals surface area contributed by atoms with E-state index in [9.17, 15) is 10.2 Å². The van der Waals surface area contributed by atoms with Crippen LogP contribution in [0.1, 0.15) is 70.3 Å². The highest BCUT2D eigenvalue weighted by Crippen LogP contribution is 2.23. The summed E-state index contributed by atoms with van der Waals surface area (Å²) in [7, 11) is 0. The number of aliphatic hydroxyl groups excluding tert-OH is 1. The van der Waals surface area contributed by atoms with Gasteiger partial charge in [0.05, 0.1) is 0 Å². The normalized spacial score (nSPS) is 10.4. The molecule has 112 valence electrons. The monoisotopic (exact) mass is 276 g/mol. The predicted octanol–water partition coefficient (Wildman–Crippen LogP) is 6.00. The quantitative estimate of drug-likeness (QED) is 0.406. The highest BCUT2D eigenvalue weighted by Gasteiger charge is 2.07. The number of hydrogen-bond acceptors (Lipinski definition) is 2. The third-order valence-electron chi connectivity index (χ3n) is 3.67. The molecule has 0 fully saturated rings. The lowest BCUT2D eigenvalue weighted by Gasteiger charge is -2.08. The molecule has 0 radical (unpaired) electrons. The Bertz CT molecular complexity index is 378. The fraction of sp³-hybridized carbons (Fsp3) is 0.556. The van der Waals surface area contributed by atoms with Gasteiger partial charge in [0.1, 0.15) is 0 Å². The Morgan fingerprint density at radius 3 is 1.90 bits per heavy atom. The first-order valence-electron chi connectivity index (χ1n) is 7.92. The van der Waals surface area contributed by atoms with Crippen LogP contribution in [-0.2, 0) is 0 Å². The van der Waals surface area contributed by atoms with Crippen LogP contribution < -0.4 is 0 Å². The summed E-state index contributed by atoms with van der Waals surface area (Å²) in [5.41, 5.74) is 1.58. The van der Waals surface area contributed by atoms with Crippen LogP contribution in [0.5, 0.6) is 0 Å². The van der Waals surface area contributed by atoms with Crippen LogP contribution in [0.2, 0.25) is 0 Å². The van der Waals surface area contributed by atoms with Gasteiger partial charge in [0, 0.05) is 5.57 Å². The van der Waals surface area contributed by atoms with Crippen molar-refractivity contribution in [2.24, 2.45) is 0 Å². The van der Waals surface area contributed by atoms with Crippen molar-refractivity contribution >= 4 is 5.57 Å². The summed E-state index contributed by atoms with van der Waals surface area (Å²) in [5.74, 6) is -0.529. The molecule has 2 nitrogen and oxygen atoms in total. The van der Waals surface area contributed by atoms with E-state index in [1.807, 2.05) is 30.3 Å². The first-order valence-corrected chi connectivity index (χ1v) is 7.92. The maximum absolute atomic E-state index is 9.40. The molecule has 0 saturated carbocycles. The lowest BCUT2D eigenvalue weighted by atomic mass is 9.99. The fourth-order valence-electron chi connectivity index (χ4n) is 2.46. The van der Waals surface area contributed by atoms with Crippen molar-refractivity contribution in [2.45, 2.75) is 64.7 Å². The van der Waals surface area contributed by atoms with E-state index in [-0.39, 0.29) is 0 Å².